The summed E-state index contributed by atoms with van der Waals surface area (Å²) < 4.78 is 7.02. The van der Waals surface area contributed by atoms with Gasteiger partial charge in [0.25, 0.3) is 6.01 Å². The first-order valence-corrected chi connectivity index (χ1v) is 7.47. The zero-order valence-electron chi connectivity index (χ0n) is 10.8. The molecule has 0 atom stereocenters. The number of halogens is 1. The van der Waals surface area contributed by atoms with Crippen molar-refractivity contribution >= 4 is 33.0 Å². The highest BCUT2D eigenvalue weighted by molar-refractivity contribution is 9.10. The van der Waals surface area contributed by atoms with Crippen LogP contribution in [0.5, 0.6) is 0 Å². The van der Waals surface area contributed by atoms with Crippen molar-refractivity contribution in [1.82, 2.24) is 4.98 Å². The minimum Gasteiger partial charge on any atom is -0.423 e. The number of oxazole rings is 1. The Labute approximate surface area is 125 Å². The van der Waals surface area contributed by atoms with Crippen LogP contribution in [0, 0.1) is 0 Å². The Morgan fingerprint density at radius 2 is 2.00 bits per heavy atom. The molecule has 100 valence electrons. The average molecular weight is 329 g/mol. The van der Waals surface area contributed by atoms with E-state index < -0.39 is 0 Å². The number of anilines is 1. The molecule has 3 nitrogen and oxygen atoms in total. The van der Waals surface area contributed by atoms with E-state index in [2.05, 4.69) is 44.0 Å². The topological polar surface area (TPSA) is 29.3 Å². The zero-order valence-corrected chi connectivity index (χ0v) is 12.4. The molecule has 4 heteroatoms. The fourth-order valence-corrected chi connectivity index (χ4v) is 3.23. The van der Waals surface area contributed by atoms with Gasteiger partial charge in [-0.05, 0) is 35.7 Å². The van der Waals surface area contributed by atoms with Crippen molar-refractivity contribution in [2.75, 3.05) is 11.4 Å². The maximum atomic E-state index is 5.86. The smallest absolute Gasteiger partial charge is 0.298 e. The Bertz CT molecular complexity index is 748. The molecule has 0 saturated heterocycles. The Morgan fingerprint density at radius 3 is 2.90 bits per heavy atom. The summed E-state index contributed by atoms with van der Waals surface area (Å²) in [6, 6.07) is 15.0. The van der Waals surface area contributed by atoms with Crippen molar-refractivity contribution in [3.63, 3.8) is 0 Å². The second-order valence-corrected chi connectivity index (χ2v) is 5.87. The van der Waals surface area contributed by atoms with E-state index in [9.17, 15) is 0 Å². The maximum Gasteiger partial charge on any atom is 0.298 e. The van der Waals surface area contributed by atoms with Crippen LogP contribution in [0.15, 0.2) is 51.4 Å². The van der Waals surface area contributed by atoms with Crippen molar-refractivity contribution in [3.05, 3.63) is 58.1 Å². The Kier molecular flexibility index (Phi) is 2.77. The normalized spacial score (nSPS) is 14.6. The van der Waals surface area contributed by atoms with Crippen molar-refractivity contribution in [2.24, 2.45) is 0 Å². The summed E-state index contributed by atoms with van der Waals surface area (Å²) >= 11 is 3.64. The first-order valence-electron chi connectivity index (χ1n) is 6.68. The van der Waals surface area contributed by atoms with Crippen molar-refractivity contribution in [2.45, 2.75) is 13.0 Å². The predicted molar refractivity (Wildman–Crippen MR) is 82.9 cm³/mol. The zero-order chi connectivity index (χ0) is 13.5. The van der Waals surface area contributed by atoms with Gasteiger partial charge < -0.3 is 9.32 Å². The lowest BCUT2D eigenvalue weighted by atomic mass is 10.0. The van der Waals surface area contributed by atoms with Crippen LogP contribution in [0.3, 0.4) is 0 Å². The molecular formula is C16H13BrN2O. The molecule has 1 aromatic heterocycles. The summed E-state index contributed by atoms with van der Waals surface area (Å²) in [5.41, 5.74) is 4.51. The lowest BCUT2D eigenvalue weighted by Crippen LogP contribution is -2.30. The SMILES string of the molecule is Brc1cccc2c1CN(c1nc3ccccc3o1)CC2. The Hall–Kier alpha value is -1.81. The lowest BCUT2D eigenvalue weighted by molar-refractivity contribution is 0.554. The van der Waals surface area contributed by atoms with Gasteiger partial charge in [-0.15, -0.1) is 0 Å². The number of rotatable bonds is 1. The quantitative estimate of drug-likeness (QED) is 0.671. The molecule has 1 aliphatic rings. The van der Waals surface area contributed by atoms with Gasteiger partial charge in [0.15, 0.2) is 5.58 Å². The highest BCUT2D eigenvalue weighted by Gasteiger charge is 2.21. The number of hydrogen-bond donors (Lipinski definition) is 0. The van der Waals surface area contributed by atoms with E-state index in [0.29, 0.717) is 6.01 Å². The van der Waals surface area contributed by atoms with Gasteiger partial charge in [-0.2, -0.15) is 4.98 Å². The molecule has 0 amide bonds. The Morgan fingerprint density at radius 1 is 1.10 bits per heavy atom. The van der Waals surface area contributed by atoms with Gasteiger partial charge in [0.1, 0.15) is 5.52 Å². The van der Waals surface area contributed by atoms with Crippen LogP contribution in [-0.4, -0.2) is 11.5 Å². The molecule has 4 rings (SSSR count). The van der Waals surface area contributed by atoms with Crippen LogP contribution in [-0.2, 0) is 13.0 Å². The summed E-state index contributed by atoms with van der Waals surface area (Å²) in [5, 5.41) is 0. The van der Waals surface area contributed by atoms with E-state index in [1.165, 1.54) is 11.1 Å². The first kappa shape index (κ1) is 12.0. The molecule has 0 fully saturated rings. The first-order chi connectivity index (χ1) is 9.81. The summed E-state index contributed by atoms with van der Waals surface area (Å²) in [4.78, 5) is 6.78. The van der Waals surface area contributed by atoms with E-state index in [-0.39, 0.29) is 0 Å². The molecule has 0 radical (unpaired) electrons. The van der Waals surface area contributed by atoms with Crippen molar-refractivity contribution in [3.8, 4) is 0 Å². The molecule has 0 N–H and O–H groups in total. The maximum absolute atomic E-state index is 5.86. The van der Waals surface area contributed by atoms with E-state index in [1.807, 2.05) is 24.3 Å². The molecule has 2 heterocycles. The fraction of sp³-hybridized carbons (Fsp3) is 0.188. The third kappa shape index (κ3) is 1.91. The third-order valence-electron chi connectivity index (χ3n) is 3.77. The fourth-order valence-electron chi connectivity index (χ4n) is 2.70. The molecule has 0 spiro atoms. The number of hydrogen-bond acceptors (Lipinski definition) is 3. The molecular weight excluding hydrogens is 316 g/mol. The van der Waals surface area contributed by atoms with Gasteiger partial charge in [-0.3, -0.25) is 0 Å². The van der Waals surface area contributed by atoms with Gasteiger partial charge in [-0.1, -0.05) is 40.2 Å². The van der Waals surface area contributed by atoms with Gasteiger partial charge >= 0.3 is 0 Å². The molecule has 20 heavy (non-hydrogen) atoms. The van der Waals surface area contributed by atoms with Crippen LogP contribution in [0.2, 0.25) is 0 Å². The number of fused-ring (bicyclic) bond motifs is 2. The second kappa shape index (κ2) is 4.63. The largest absolute Gasteiger partial charge is 0.423 e. The molecule has 2 aromatic carbocycles. The summed E-state index contributed by atoms with van der Waals surface area (Å²) in [6.07, 6.45) is 1.02. The molecule has 0 saturated carbocycles. The highest BCUT2D eigenvalue weighted by atomic mass is 79.9. The number of para-hydroxylation sites is 2. The molecule has 3 aromatic rings. The Balaban J connectivity index is 1.72. The summed E-state index contributed by atoms with van der Waals surface area (Å²) in [7, 11) is 0. The summed E-state index contributed by atoms with van der Waals surface area (Å²) in [5.74, 6) is 0. The molecule has 0 unspecified atom stereocenters. The number of benzene rings is 2. The van der Waals surface area contributed by atoms with E-state index >= 15 is 0 Å². The van der Waals surface area contributed by atoms with Gasteiger partial charge in [0, 0.05) is 17.6 Å². The minimum absolute atomic E-state index is 0.715. The van der Waals surface area contributed by atoms with E-state index in [4.69, 9.17) is 4.42 Å². The van der Waals surface area contributed by atoms with Crippen molar-refractivity contribution < 1.29 is 4.42 Å². The molecule has 0 aliphatic carbocycles. The monoisotopic (exact) mass is 328 g/mol. The van der Waals surface area contributed by atoms with E-state index in [1.54, 1.807) is 0 Å². The van der Waals surface area contributed by atoms with Crippen LogP contribution in [0.1, 0.15) is 11.1 Å². The highest BCUT2D eigenvalue weighted by Crippen LogP contribution is 2.30. The minimum atomic E-state index is 0.715. The lowest BCUT2D eigenvalue weighted by Gasteiger charge is -2.28. The third-order valence-corrected chi connectivity index (χ3v) is 4.51. The van der Waals surface area contributed by atoms with Gasteiger partial charge in [0.05, 0.1) is 0 Å². The predicted octanol–water partition coefficient (Wildman–Crippen LogP) is 4.15. The standard InChI is InChI=1S/C16H13BrN2O/c17-13-5-3-4-11-8-9-19(10-12(11)13)16-18-14-6-1-2-7-15(14)20-16/h1-7H,8-10H2. The molecule has 0 bridgehead atoms. The van der Waals surface area contributed by atoms with Crippen LogP contribution in [0.4, 0.5) is 6.01 Å². The van der Waals surface area contributed by atoms with E-state index in [0.717, 1.165) is 35.1 Å². The number of nitrogens with zero attached hydrogens (tertiary/aromatic N) is 2. The van der Waals surface area contributed by atoms with Crippen LogP contribution >= 0.6 is 15.9 Å². The van der Waals surface area contributed by atoms with Gasteiger partial charge in [-0.25, -0.2) is 0 Å². The van der Waals surface area contributed by atoms with Crippen LogP contribution in [0.25, 0.3) is 11.1 Å². The molecule has 1 aliphatic heterocycles. The van der Waals surface area contributed by atoms with Gasteiger partial charge in [0.2, 0.25) is 0 Å². The second-order valence-electron chi connectivity index (χ2n) is 5.01. The average Bonchev–Trinajstić information content (AvgIpc) is 2.91. The van der Waals surface area contributed by atoms with Crippen LogP contribution < -0.4 is 4.90 Å². The summed E-state index contributed by atoms with van der Waals surface area (Å²) in [6.45, 7) is 1.78. The van der Waals surface area contributed by atoms with Crippen molar-refractivity contribution in [1.29, 1.82) is 0 Å². The number of aromatic nitrogens is 1.